The highest BCUT2D eigenvalue weighted by Crippen LogP contribution is 2.08. The summed E-state index contributed by atoms with van der Waals surface area (Å²) in [6, 6.07) is 0. The standard InChI is InChI=1S/C6H9N7/c1-2-13-4-5(3-7-13)8-6-9-11-12-10-6/h3-4H,2H2,1H3,(H2,8,9,10,11,12). The summed E-state index contributed by atoms with van der Waals surface area (Å²) in [7, 11) is 0. The molecule has 0 aromatic carbocycles. The maximum Gasteiger partial charge on any atom is 0.267 e. The lowest BCUT2D eigenvalue weighted by molar-refractivity contribution is 0.660. The first-order valence-corrected chi connectivity index (χ1v) is 3.91. The molecule has 0 amide bonds. The number of aromatic nitrogens is 6. The topological polar surface area (TPSA) is 84.3 Å². The van der Waals surface area contributed by atoms with Crippen molar-refractivity contribution in [3.63, 3.8) is 0 Å². The van der Waals surface area contributed by atoms with Crippen molar-refractivity contribution in [3.05, 3.63) is 12.4 Å². The fourth-order valence-corrected chi connectivity index (χ4v) is 0.945. The molecule has 0 saturated heterocycles. The zero-order valence-corrected chi connectivity index (χ0v) is 7.10. The normalized spacial score (nSPS) is 10.2. The summed E-state index contributed by atoms with van der Waals surface area (Å²) in [5.41, 5.74) is 0.850. The predicted octanol–water partition coefficient (Wildman–Crippen LogP) is 0.160. The van der Waals surface area contributed by atoms with Crippen molar-refractivity contribution >= 4 is 11.6 Å². The van der Waals surface area contributed by atoms with Crippen molar-refractivity contribution in [1.29, 1.82) is 0 Å². The fourth-order valence-electron chi connectivity index (χ4n) is 0.945. The summed E-state index contributed by atoms with van der Waals surface area (Å²) in [6.07, 6.45) is 3.58. The molecule has 0 radical (unpaired) electrons. The minimum Gasteiger partial charge on any atom is -0.319 e. The number of H-pyrrole nitrogens is 1. The Labute approximate surface area is 74.1 Å². The molecule has 2 N–H and O–H groups in total. The molecule has 2 aromatic heterocycles. The highest BCUT2D eigenvalue weighted by molar-refractivity contribution is 5.49. The van der Waals surface area contributed by atoms with Crippen LogP contribution in [0.1, 0.15) is 6.92 Å². The van der Waals surface area contributed by atoms with Gasteiger partial charge in [0.1, 0.15) is 0 Å². The van der Waals surface area contributed by atoms with Crippen molar-refractivity contribution in [2.45, 2.75) is 13.5 Å². The van der Waals surface area contributed by atoms with Gasteiger partial charge in [0.25, 0.3) is 5.95 Å². The van der Waals surface area contributed by atoms with Gasteiger partial charge in [-0.05, 0) is 12.1 Å². The maximum absolute atomic E-state index is 4.08. The lowest BCUT2D eigenvalue weighted by Gasteiger charge is -1.93. The summed E-state index contributed by atoms with van der Waals surface area (Å²) in [6.45, 7) is 2.86. The molecule has 0 atom stereocenters. The monoisotopic (exact) mass is 179 g/mol. The molecule has 0 aliphatic heterocycles. The predicted molar refractivity (Wildman–Crippen MR) is 45.4 cm³/mol. The largest absolute Gasteiger partial charge is 0.319 e. The number of aromatic amines is 1. The fraction of sp³-hybridized carbons (Fsp3) is 0.333. The molecule has 7 nitrogen and oxygen atoms in total. The van der Waals surface area contributed by atoms with Crippen LogP contribution in [-0.4, -0.2) is 30.4 Å². The van der Waals surface area contributed by atoms with Gasteiger partial charge in [0, 0.05) is 12.7 Å². The quantitative estimate of drug-likeness (QED) is 0.701. The van der Waals surface area contributed by atoms with Crippen LogP contribution >= 0.6 is 0 Å². The van der Waals surface area contributed by atoms with E-state index in [1.54, 1.807) is 6.20 Å². The van der Waals surface area contributed by atoms with Crippen molar-refractivity contribution in [2.24, 2.45) is 0 Å². The zero-order chi connectivity index (χ0) is 9.10. The van der Waals surface area contributed by atoms with Crippen molar-refractivity contribution in [2.75, 3.05) is 5.32 Å². The van der Waals surface area contributed by atoms with E-state index in [-0.39, 0.29) is 0 Å². The molecule has 0 fully saturated rings. The van der Waals surface area contributed by atoms with Gasteiger partial charge < -0.3 is 5.32 Å². The summed E-state index contributed by atoms with van der Waals surface area (Å²) in [5.74, 6) is 0.440. The SMILES string of the molecule is CCn1cc(Nc2nn[nH]n2)cn1. The second kappa shape index (κ2) is 3.21. The smallest absolute Gasteiger partial charge is 0.267 e. The molecule has 68 valence electrons. The average Bonchev–Trinajstić information content (AvgIpc) is 2.76. The third-order valence-electron chi connectivity index (χ3n) is 1.56. The van der Waals surface area contributed by atoms with E-state index in [4.69, 9.17) is 0 Å². The number of hydrogen-bond acceptors (Lipinski definition) is 5. The van der Waals surface area contributed by atoms with E-state index in [1.807, 2.05) is 17.8 Å². The Morgan fingerprint density at radius 1 is 1.62 bits per heavy atom. The minimum absolute atomic E-state index is 0.440. The number of aryl methyl sites for hydroxylation is 1. The number of nitrogens with one attached hydrogen (secondary N) is 2. The van der Waals surface area contributed by atoms with Crippen LogP contribution in [0, 0.1) is 0 Å². The third-order valence-corrected chi connectivity index (χ3v) is 1.56. The third kappa shape index (κ3) is 1.63. The number of nitrogens with zero attached hydrogens (tertiary/aromatic N) is 5. The molecule has 2 rings (SSSR count). The average molecular weight is 179 g/mol. The lowest BCUT2D eigenvalue weighted by atomic mass is 10.6. The van der Waals surface area contributed by atoms with Crippen molar-refractivity contribution in [3.8, 4) is 0 Å². The minimum atomic E-state index is 0.440. The first-order valence-electron chi connectivity index (χ1n) is 3.91. The molecule has 13 heavy (non-hydrogen) atoms. The Kier molecular flexibility index (Phi) is 1.91. The maximum atomic E-state index is 4.08. The summed E-state index contributed by atoms with van der Waals surface area (Å²) < 4.78 is 1.81. The summed E-state index contributed by atoms with van der Waals surface area (Å²) >= 11 is 0. The second-order valence-corrected chi connectivity index (χ2v) is 2.45. The van der Waals surface area contributed by atoms with Gasteiger partial charge in [-0.25, -0.2) is 0 Å². The van der Waals surface area contributed by atoms with Gasteiger partial charge in [-0.15, -0.1) is 5.10 Å². The van der Waals surface area contributed by atoms with Crippen LogP contribution in [0.25, 0.3) is 0 Å². The molecule has 0 bridgehead atoms. The van der Waals surface area contributed by atoms with Gasteiger partial charge in [0.05, 0.1) is 11.9 Å². The molecular formula is C6H9N7. The Morgan fingerprint density at radius 3 is 3.15 bits per heavy atom. The van der Waals surface area contributed by atoms with E-state index >= 15 is 0 Å². The first-order chi connectivity index (χ1) is 6.38. The lowest BCUT2D eigenvalue weighted by Crippen LogP contribution is -1.93. The molecule has 0 aliphatic rings. The summed E-state index contributed by atoms with van der Waals surface area (Å²) in [5, 5.41) is 20.3. The van der Waals surface area contributed by atoms with Gasteiger partial charge in [0.15, 0.2) is 0 Å². The molecule has 2 aromatic rings. The Balaban J connectivity index is 2.10. The second-order valence-electron chi connectivity index (χ2n) is 2.45. The number of anilines is 2. The van der Waals surface area contributed by atoms with E-state index in [1.165, 1.54) is 0 Å². The van der Waals surface area contributed by atoms with Crippen LogP contribution in [0.4, 0.5) is 11.6 Å². The molecular weight excluding hydrogens is 170 g/mol. The number of tetrazole rings is 1. The number of rotatable bonds is 3. The van der Waals surface area contributed by atoms with Crippen LogP contribution < -0.4 is 5.32 Å². The van der Waals surface area contributed by atoms with E-state index in [9.17, 15) is 0 Å². The van der Waals surface area contributed by atoms with E-state index in [0.29, 0.717) is 5.95 Å². The Bertz CT molecular complexity index is 362. The zero-order valence-electron chi connectivity index (χ0n) is 7.10. The van der Waals surface area contributed by atoms with E-state index in [0.717, 1.165) is 12.2 Å². The van der Waals surface area contributed by atoms with Gasteiger partial charge in [-0.2, -0.15) is 10.3 Å². The van der Waals surface area contributed by atoms with Gasteiger partial charge in [0.2, 0.25) is 0 Å². The summed E-state index contributed by atoms with van der Waals surface area (Å²) in [4.78, 5) is 0. The molecule has 0 aliphatic carbocycles. The van der Waals surface area contributed by atoms with Crippen LogP contribution in [-0.2, 0) is 6.54 Å². The highest BCUT2D eigenvalue weighted by atomic mass is 15.5. The Hall–Kier alpha value is -1.92. The molecule has 2 heterocycles. The Morgan fingerprint density at radius 2 is 2.54 bits per heavy atom. The van der Waals surface area contributed by atoms with Gasteiger partial charge in [-0.1, -0.05) is 5.10 Å². The van der Waals surface area contributed by atoms with Crippen LogP contribution in [0.5, 0.6) is 0 Å². The first kappa shape index (κ1) is 7.71. The van der Waals surface area contributed by atoms with Crippen LogP contribution in [0.3, 0.4) is 0 Å². The molecule has 0 spiro atoms. The van der Waals surface area contributed by atoms with Gasteiger partial charge in [-0.3, -0.25) is 4.68 Å². The molecule has 0 unspecified atom stereocenters. The molecule has 0 saturated carbocycles. The number of hydrogen-bond donors (Lipinski definition) is 2. The van der Waals surface area contributed by atoms with E-state index in [2.05, 4.69) is 31.0 Å². The molecule has 7 heteroatoms. The van der Waals surface area contributed by atoms with Crippen LogP contribution in [0.15, 0.2) is 12.4 Å². The van der Waals surface area contributed by atoms with Crippen molar-refractivity contribution < 1.29 is 0 Å². The highest BCUT2D eigenvalue weighted by Gasteiger charge is 2.00. The van der Waals surface area contributed by atoms with Crippen molar-refractivity contribution in [1.82, 2.24) is 30.4 Å². The van der Waals surface area contributed by atoms with Gasteiger partial charge >= 0.3 is 0 Å². The van der Waals surface area contributed by atoms with E-state index < -0.39 is 0 Å². The van der Waals surface area contributed by atoms with Crippen LogP contribution in [0.2, 0.25) is 0 Å².